The highest BCUT2D eigenvalue weighted by molar-refractivity contribution is 7.99. The zero-order chi connectivity index (χ0) is 12.3. The number of hydrogen-bond acceptors (Lipinski definition) is 5. The van der Waals surface area contributed by atoms with E-state index in [0.717, 1.165) is 33.7 Å². The van der Waals surface area contributed by atoms with Gasteiger partial charge in [0.2, 0.25) is 0 Å². The lowest BCUT2D eigenvalue weighted by atomic mass is 10.4. The highest BCUT2D eigenvalue weighted by Gasteiger charge is 2.07. The number of nitrogens with one attached hydrogen (secondary N) is 1. The molecule has 2 rings (SSSR count). The largest absolute Gasteiger partial charge is 0.468 e. The first-order valence-corrected chi connectivity index (χ1v) is 6.32. The summed E-state index contributed by atoms with van der Waals surface area (Å²) in [7, 11) is 1.86. The first-order valence-electron chi connectivity index (χ1n) is 5.50. The summed E-state index contributed by atoms with van der Waals surface area (Å²) >= 11 is 1.60. The van der Waals surface area contributed by atoms with Crippen molar-refractivity contribution in [3.8, 4) is 0 Å². The molecule has 17 heavy (non-hydrogen) atoms. The normalized spacial score (nSPS) is 10.5. The Labute approximate surface area is 105 Å². The Morgan fingerprint density at radius 2 is 2.24 bits per heavy atom. The van der Waals surface area contributed by atoms with E-state index in [0.29, 0.717) is 0 Å². The average Bonchev–Trinajstić information content (AvgIpc) is 2.74. The molecule has 90 valence electrons. The fourth-order valence-electron chi connectivity index (χ4n) is 1.40. The smallest absolute Gasteiger partial charge is 0.131 e. The van der Waals surface area contributed by atoms with Gasteiger partial charge in [-0.05, 0) is 13.0 Å². The minimum absolute atomic E-state index is 0.827. The van der Waals surface area contributed by atoms with E-state index in [2.05, 4.69) is 15.3 Å². The second-order valence-corrected chi connectivity index (χ2v) is 4.62. The van der Waals surface area contributed by atoms with Crippen molar-refractivity contribution in [2.24, 2.45) is 0 Å². The van der Waals surface area contributed by atoms with Gasteiger partial charge in [-0.25, -0.2) is 9.97 Å². The van der Waals surface area contributed by atoms with Crippen LogP contribution >= 0.6 is 11.8 Å². The number of furan rings is 1. The van der Waals surface area contributed by atoms with E-state index in [-0.39, 0.29) is 0 Å². The van der Waals surface area contributed by atoms with Gasteiger partial charge in [-0.3, -0.25) is 0 Å². The number of anilines is 1. The molecule has 0 aliphatic rings. The van der Waals surface area contributed by atoms with Crippen molar-refractivity contribution >= 4 is 17.6 Å². The van der Waals surface area contributed by atoms with E-state index >= 15 is 0 Å². The molecule has 0 saturated heterocycles. The third kappa shape index (κ3) is 2.79. The minimum Gasteiger partial charge on any atom is -0.468 e. The second-order valence-electron chi connectivity index (χ2n) is 3.55. The van der Waals surface area contributed by atoms with E-state index < -0.39 is 0 Å². The van der Waals surface area contributed by atoms with Crippen LogP contribution in [-0.2, 0) is 6.42 Å². The van der Waals surface area contributed by atoms with E-state index in [1.165, 1.54) is 0 Å². The maximum atomic E-state index is 5.27. The van der Waals surface area contributed by atoms with Crippen molar-refractivity contribution in [1.29, 1.82) is 0 Å². The maximum absolute atomic E-state index is 5.27. The first-order chi connectivity index (χ1) is 8.22. The van der Waals surface area contributed by atoms with Gasteiger partial charge in [0.1, 0.15) is 22.4 Å². The molecule has 0 fully saturated rings. The van der Waals surface area contributed by atoms with Crippen molar-refractivity contribution in [2.75, 3.05) is 12.4 Å². The Morgan fingerprint density at radius 3 is 2.82 bits per heavy atom. The number of hydrogen-bond donors (Lipinski definition) is 1. The minimum atomic E-state index is 0.827. The van der Waals surface area contributed by atoms with Gasteiger partial charge >= 0.3 is 0 Å². The topological polar surface area (TPSA) is 51.0 Å². The first kappa shape index (κ1) is 12.0. The average molecular weight is 249 g/mol. The molecule has 0 aromatic carbocycles. The molecule has 1 N–H and O–H groups in total. The Morgan fingerprint density at radius 1 is 1.41 bits per heavy atom. The van der Waals surface area contributed by atoms with Crippen LogP contribution in [0.2, 0.25) is 0 Å². The van der Waals surface area contributed by atoms with Crippen LogP contribution < -0.4 is 5.32 Å². The van der Waals surface area contributed by atoms with Gasteiger partial charge in [0, 0.05) is 19.5 Å². The van der Waals surface area contributed by atoms with Crippen molar-refractivity contribution < 1.29 is 4.42 Å². The van der Waals surface area contributed by atoms with E-state index in [9.17, 15) is 0 Å². The predicted molar refractivity (Wildman–Crippen MR) is 68.5 cm³/mol. The molecule has 2 aromatic rings. The summed E-state index contributed by atoms with van der Waals surface area (Å²) < 4.78 is 5.27. The molecule has 4 nitrogen and oxygen atoms in total. The zero-order valence-electron chi connectivity index (χ0n) is 10.2. The van der Waals surface area contributed by atoms with Crippen molar-refractivity contribution in [2.45, 2.75) is 30.2 Å². The van der Waals surface area contributed by atoms with Crippen LogP contribution in [0.5, 0.6) is 0 Å². The SMILES string of the molecule is CCc1nc(NC)cc(Sc2ccoc2C)n1. The fourth-order valence-corrected chi connectivity index (χ4v) is 2.27. The molecule has 0 aliphatic carbocycles. The molecular formula is C12H15N3OS. The van der Waals surface area contributed by atoms with Crippen LogP contribution in [-0.4, -0.2) is 17.0 Å². The van der Waals surface area contributed by atoms with Gasteiger partial charge in [-0.1, -0.05) is 18.7 Å². The molecule has 0 spiro atoms. The van der Waals surface area contributed by atoms with Crippen LogP contribution in [0.15, 0.2) is 32.7 Å². The summed E-state index contributed by atoms with van der Waals surface area (Å²) in [4.78, 5) is 9.94. The van der Waals surface area contributed by atoms with Gasteiger partial charge in [0.25, 0.3) is 0 Å². The number of nitrogens with zero attached hydrogens (tertiary/aromatic N) is 2. The van der Waals surface area contributed by atoms with Crippen LogP contribution in [0.1, 0.15) is 18.5 Å². The summed E-state index contributed by atoms with van der Waals surface area (Å²) in [5, 5.41) is 3.98. The van der Waals surface area contributed by atoms with E-state index in [1.54, 1.807) is 18.0 Å². The standard InChI is InChI=1S/C12H15N3OS/c1-4-10-14-11(13-3)7-12(15-10)17-9-5-6-16-8(9)2/h5-7H,4H2,1-3H3,(H,13,14,15). The lowest BCUT2D eigenvalue weighted by molar-refractivity contribution is 0.527. The summed E-state index contributed by atoms with van der Waals surface area (Å²) in [6.07, 6.45) is 2.52. The number of aromatic nitrogens is 2. The molecule has 2 aromatic heterocycles. The highest BCUT2D eigenvalue weighted by Crippen LogP contribution is 2.30. The molecule has 0 unspecified atom stereocenters. The molecule has 0 atom stereocenters. The molecule has 2 heterocycles. The number of aryl methyl sites for hydroxylation is 2. The molecule has 0 aliphatic heterocycles. The summed E-state index contributed by atoms with van der Waals surface area (Å²) in [5.74, 6) is 2.61. The summed E-state index contributed by atoms with van der Waals surface area (Å²) in [5.41, 5.74) is 0. The van der Waals surface area contributed by atoms with Gasteiger partial charge < -0.3 is 9.73 Å². The lowest BCUT2D eigenvalue weighted by Gasteiger charge is -2.05. The van der Waals surface area contributed by atoms with Crippen LogP contribution in [0, 0.1) is 6.92 Å². The Kier molecular flexibility index (Phi) is 3.68. The fraction of sp³-hybridized carbons (Fsp3) is 0.333. The van der Waals surface area contributed by atoms with Gasteiger partial charge in [-0.2, -0.15) is 0 Å². The van der Waals surface area contributed by atoms with E-state index in [4.69, 9.17) is 4.42 Å². The van der Waals surface area contributed by atoms with E-state index in [1.807, 2.05) is 33.0 Å². The summed E-state index contributed by atoms with van der Waals surface area (Å²) in [6.45, 7) is 4.00. The van der Waals surface area contributed by atoms with Crippen molar-refractivity contribution in [1.82, 2.24) is 9.97 Å². The van der Waals surface area contributed by atoms with Crippen LogP contribution in [0.4, 0.5) is 5.82 Å². The van der Waals surface area contributed by atoms with Crippen molar-refractivity contribution in [3.63, 3.8) is 0 Å². The Bertz CT molecular complexity index is 488. The molecule has 0 bridgehead atoms. The molecule has 5 heteroatoms. The monoisotopic (exact) mass is 249 g/mol. The van der Waals surface area contributed by atoms with Gasteiger partial charge in [0.15, 0.2) is 0 Å². The molecule has 0 amide bonds. The maximum Gasteiger partial charge on any atom is 0.131 e. The third-order valence-electron chi connectivity index (χ3n) is 2.35. The van der Waals surface area contributed by atoms with Crippen LogP contribution in [0.3, 0.4) is 0 Å². The van der Waals surface area contributed by atoms with Crippen LogP contribution in [0.25, 0.3) is 0 Å². The quantitative estimate of drug-likeness (QED) is 0.844. The van der Waals surface area contributed by atoms with Crippen molar-refractivity contribution in [3.05, 3.63) is 30.0 Å². The number of rotatable bonds is 4. The molecule has 0 saturated carbocycles. The second kappa shape index (κ2) is 5.23. The Balaban J connectivity index is 2.29. The van der Waals surface area contributed by atoms with Gasteiger partial charge in [0.05, 0.1) is 11.2 Å². The third-order valence-corrected chi connectivity index (χ3v) is 3.41. The summed E-state index contributed by atoms with van der Waals surface area (Å²) in [6, 6.07) is 3.89. The molecular weight excluding hydrogens is 234 g/mol. The zero-order valence-corrected chi connectivity index (χ0v) is 11.0. The Hall–Kier alpha value is -1.49. The highest BCUT2D eigenvalue weighted by atomic mass is 32.2. The lowest BCUT2D eigenvalue weighted by Crippen LogP contribution is -2.00. The van der Waals surface area contributed by atoms with Gasteiger partial charge in [-0.15, -0.1) is 0 Å². The molecule has 0 radical (unpaired) electrons. The predicted octanol–water partition coefficient (Wildman–Crippen LogP) is 3.13.